The summed E-state index contributed by atoms with van der Waals surface area (Å²) in [6, 6.07) is 73.0. The average molecular weight is 891 g/mol. The number of nitrogens with zero attached hydrogens (tertiary/aromatic N) is 8. The second kappa shape index (κ2) is 16.8. The number of aromatic nitrogens is 4. The first-order valence-corrected chi connectivity index (χ1v) is 22.6. The van der Waals surface area contributed by atoms with Crippen LogP contribution in [-0.2, 0) is 0 Å². The SMILES string of the molecule is [C-]#[N+]c1cc(-c2cc(-c3ccc(C#N)cc3)nc(-c3ccc(C#N)cc3)n2)cc([N+]#[C-])c1-c1ccc(-c2ccc(-n3c4ccccc4c4cc(-n5c6ccccc6c6ccccc65)ccc43)cc2)cc1. The lowest BCUT2D eigenvalue weighted by Gasteiger charge is -2.14. The largest absolute Gasteiger partial charge is 0.309 e. The Labute approximate surface area is 402 Å². The van der Waals surface area contributed by atoms with Crippen LogP contribution in [0.1, 0.15) is 11.1 Å². The molecular formula is C62H34N8. The normalized spacial score (nSPS) is 11.1. The number of nitriles is 2. The average Bonchev–Trinajstić information content (AvgIpc) is 3.95. The molecule has 0 aliphatic heterocycles. The van der Waals surface area contributed by atoms with Gasteiger partial charge in [0.25, 0.3) is 0 Å². The lowest BCUT2D eigenvalue weighted by Crippen LogP contribution is -1.96. The molecular weight excluding hydrogens is 857 g/mol. The molecule has 0 aliphatic carbocycles. The first kappa shape index (κ1) is 41.1. The Kier molecular flexibility index (Phi) is 9.86. The van der Waals surface area contributed by atoms with Gasteiger partial charge in [0.1, 0.15) is 0 Å². The lowest BCUT2D eigenvalue weighted by molar-refractivity contribution is 1.17. The molecule has 12 rings (SSSR count). The number of rotatable bonds is 7. The molecule has 8 heteroatoms. The molecule has 9 aromatic carbocycles. The minimum Gasteiger partial charge on any atom is -0.309 e. The molecule has 0 spiro atoms. The van der Waals surface area contributed by atoms with Crippen molar-refractivity contribution in [2.24, 2.45) is 0 Å². The highest BCUT2D eigenvalue weighted by atomic mass is 15.0. The van der Waals surface area contributed by atoms with Gasteiger partial charge in [0.2, 0.25) is 0 Å². The molecule has 322 valence electrons. The molecule has 0 unspecified atom stereocenters. The van der Waals surface area contributed by atoms with Crippen molar-refractivity contribution in [2.75, 3.05) is 0 Å². The van der Waals surface area contributed by atoms with E-state index in [1.165, 1.54) is 32.6 Å². The third-order valence-electron chi connectivity index (χ3n) is 13.1. The van der Waals surface area contributed by atoms with Gasteiger partial charge in [-0.05, 0) is 131 Å². The minimum absolute atomic E-state index is 0.326. The predicted molar refractivity (Wildman–Crippen MR) is 280 cm³/mol. The molecule has 0 N–H and O–H groups in total. The molecule has 3 heterocycles. The number of hydrogen-bond acceptors (Lipinski definition) is 4. The summed E-state index contributed by atoms with van der Waals surface area (Å²) in [5.74, 6) is 0.419. The molecule has 0 aliphatic rings. The van der Waals surface area contributed by atoms with Crippen LogP contribution >= 0.6 is 0 Å². The van der Waals surface area contributed by atoms with Gasteiger partial charge >= 0.3 is 0 Å². The molecule has 12 aromatic rings. The number of hydrogen-bond donors (Lipinski definition) is 0. The summed E-state index contributed by atoms with van der Waals surface area (Å²) in [6.45, 7) is 16.6. The highest BCUT2D eigenvalue weighted by Gasteiger charge is 2.19. The lowest BCUT2D eigenvalue weighted by atomic mass is 9.95. The van der Waals surface area contributed by atoms with Crippen LogP contribution in [0.4, 0.5) is 11.4 Å². The quantitative estimate of drug-likeness (QED) is 0.149. The summed E-state index contributed by atoms with van der Waals surface area (Å²) in [5.41, 5.74) is 15.0. The van der Waals surface area contributed by atoms with E-state index in [0.29, 0.717) is 56.4 Å². The fourth-order valence-electron chi connectivity index (χ4n) is 9.72. The van der Waals surface area contributed by atoms with Gasteiger partial charge in [-0.2, -0.15) is 10.5 Å². The second-order valence-corrected chi connectivity index (χ2v) is 17.0. The number of fused-ring (bicyclic) bond motifs is 6. The van der Waals surface area contributed by atoms with Crippen molar-refractivity contribution in [1.82, 2.24) is 19.1 Å². The summed E-state index contributed by atoms with van der Waals surface area (Å²) < 4.78 is 4.69. The predicted octanol–water partition coefficient (Wildman–Crippen LogP) is 15.9. The van der Waals surface area contributed by atoms with Gasteiger partial charge in [0.05, 0.1) is 69.9 Å². The third kappa shape index (κ3) is 6.90. The van der Waals surface area contributed by atoms with Gasteiger partial charge in [-0.3, -0.25) is 0 Å². The van der Waals surface area contributed by atoms with Crippen LogP contribution < -0.4 is 0 Å². The summed E-state index contributed by atoms with van der Waals surface area (Å²) in [7, 11) is 0. The van der Waals surface area contributed by atoms with Gasteiger partial charge in [0, 0.05) is 44.0 Å². The van der Waals surface area contributed by atoms with Gasteiger partial charge in [0.15, 0.2) is 17.2 Å². The topological polar surface area (TPSA) is 91.9 Å². The smallest absolute Gasteiger partial charge is 0.185 e. The van der Waals surface area contributed by atoms with E-state index in [4.69, 9.17) is 23.1 Å². The van der Waals surface area contributed by atoms with E-state index in [1.807, 2.05) is 42.5 Å². The van der Waals surface area contributed by atoms with E-state index in [9.17, 15) is 10.5 Å². The number of benzene rings is 9. The van der Waals surface area contributed by atoms with Gasteiger partial charge in [-0.25, -0.2) is 19.7 Å². The van der Waals surface area contributed by atoms with Crippen molar-refractivity contribution in [3.8, 4) is 79.7 Å². The Hall–Kier alpha value is -10.4. The summed E-state index contributed by atoms with van der Waals surface area (Å²) in [4.78, 5) is 17.7. The van der Waals surface area contributed by atoms with E-state index >= 15 is 0 Å². The third-order valence-corrected chi connectivity index (χ3v) is 13.1. The minimum atomic E-state index is 0.326. The molecule has 70 heavy (non-hydrogen) atoms. The van der Waals surface area contributed by atoms with Crippen LogP contribution in [0.3, 0.4) is 0 Å². The van der Waals surface area contributed by atoms with Crippen LogP contribution in [-0.4, -0.2) is 19.1 Å². The van der Waals surface area contributed by atoms with Crippen molar-refractivity contribution >= 4 is 55.0 Å². The molecule has 0 amide bonds. The Bertz CT molecular complexity index is 4080. The van der Waals surface area contributed by atoms with Crippen molar-refractivity contribution in [3.63, 3.8) is 0 Å². The zero-order valence-electron chi connectivity index (χ0n) is 37.2. The zero-order chi connectivity index (χ0) is 47.3. The summed E-state index contributed by atoms with van der Waals surface area (Å²) >= 11 is 0. The maximum Gasteiger partial charge on any atom is 0.185 e. The molecule has 0 fully saturated rings. The molecule has 3 aromatic heterocycles. The molecule has 0 radical (unpaired) electrons. The maximum absolute atomic E-state index is 9.40. The van der Waals surface area contributed by atoms with Crippen LogP contribution in [0.25, 0.3) is 121 Å². The van der Waals surface area contributed by atoms with E-state index in [1.54, 1.807) is 48.5 Å². The fourth-order valence-corrected chi connectivity index (χ4v) is 9.72. The van der Waals surface area contributed by atoms with Crippen molar-refractivity contribution in [2.45, 2.75) is 0 Å². The van der Waals surface area contributed by atoms with Crippen LogP contribution in [0.5, 0.6) is 0 Å². The van der Waals surface area contributed by atoms with Gasteiger partial charge < -0.3 is 9.13 Å². The Morgan fingerprint density at radius 3 is 1.31 bits per heavy atom. The van der Waals surface area contributed by atoms with E-state index in [-0.39, 0.29) is 0 Å². The van der Waals surface area contributed by atoms with E-state index < -0.39 is 0 Å². The van der Waals surface area contributed by atoms with Gasteiger partial charge in [-0.15, -0.1) is 0 Å². The monoisotopic (exact) mass is 890 g/mol. The van der Waals surface area contributed by atoms with Gasteiger partial charge in [-0.1, -0.05) is 103 Å². The maximum atomic E-state index is 9.40. The Balaban J connectivity index is 0.876. The molecule has 0 atom stereocenters. The standard InChI is InChI=1S/C62H34N8/c1-65-55-33-46(54-36-53(43-19-15-39(37-63)16-20-43)67-62(68-54)45-21-17-40(38-64)18-22-45)34-56(66-2)61(55)44-25-23-41(24-26-44)42-27-29-47(30-28-42)69-59-14-8-5-11-51(59)52-35-48(31-32-60(52)69)70-57-12-6-3-9-49(57)50-10-4-7-13-58(50)70/h3-36H. The second-order valence-electron chi connectivity index (χ2n) is 17.0. The highest BCUT2D eigenvalue weighted by Crippen LogP contribution is 2.44. The van der Waals surface area contributed by atoms with Crippen LogP contribution in [0.2, 0.25) is 0 Å². The van der Waals surface area contributed by atoms with E-state index in [0.717, 1.165) is 44.7 Å². The summed E-state index contributed by atoms with van der Waals surface area (Å²) in [6.07, 6.45) is 0. The summed E-state index contributed by atoms with van der Waals surface area (Å²) in [5, 5.41) is 23.6. The Morgan fingerprint density at radius 1 is 0.371 bits per heavy atom. The Morgan fingerprint density at radius 2 is 0.786 bits per heavy atom. The molecule has 0 saturated carbocycles. The molecule has 8 nitrogen and oxygen atoms in total. The molecule has 0 bridgehead atoms. The highest BCUT2D eigenvalue weighted by molar-refractivity contribution is 6.12. The van der Waals surface area contributed by atoms with Crippen molar-refractivity contribution in [1.29, 1.82) is 10.5 Å². The fraction of sp³-hybridized carbons (Fsp3) is 0. The first-order valence-electron chi connectivity index (χ1n) is 22.6. The van der Waals surface area contributed by atoms with Crippen LogP contribution in [0.15, 0.2) is 206 Å². The van der Waals surface area contributed by atoms with Crippen molar-refractivity contribution < 1.29 is 0 Å². The van der Waals surface area contributed by atoms with Crippen LogP contribution in [0, 0.1) is 35.8 Å². The van der Waals surface area contributed by atoms with E-state index in [2.05, 4.69) is 146 Å². The van der Waals surface area contributed by atoms with Crippen molar-refractivity contribution in [3.05, 3.63) is 240 Å². The molecule has 0 saturated heterocycles. The number of para-hydroxylation sites is 3. The zero-order valence-corrected chi connectivity index (χ0v) is 37.2. The first-order chi connectivity index (χ1) is 34.5.